The Labute approximate surface area is 135 Å². The van der Waals surface area contributed by atoms with Gasteiger partial charge in [0.25, 0.3) is 0 Å². The Morgan fingerprint density at radius 2 is 1.95 bits per heavy atom. The summed E-state index contributed by atoms with van der Waals surface area (Å²) < 4.78 is 5.60. The second kappa shape index (κ2) is 7.56. The molecule has 22 heavy (non-hydrogen) atoms. The number of carboxylic acids is 1. The SMILES string of the molecule is O=C(O)Cc1c(Br)cncc1NC(=O)OCc1ccccc1. The van der Waals surface area contributed by atoms with E-state index in [1.807, 2.05) is 30.3 Å². The summed E-state index contributed by atoms with van der Waals surface area (Å²) in [6.45, 7) is 0.127. The van der Waals surface area contributed by atoms with E-state index >= 15 is 0 Å². The van der Waals surface area contributed by atoms with Gasteiger partial charge in [0.15, 0.2) is 0 Å². The number of carbonyl (C=O) groups is 2. The number of hydrogen-bond acceptors (Lipinski definition) is 4. The van der Waals surface area contributed by atoms with Crippen LogP contribution in [-0.2, 0) is 22.6 Å². The first-order valence-corrected chi connectivity index (χ1v) is 7.17. The summed E-state index contributed by atoms with van der Waals surface area (Å²) in [6, 6.07) is 9.24. The summed E-state index contributed by atoms with van der Waals surface area (Å²) in [5.41, 5.74) is 1.59. The van der Waals surface area contributed by atoms with Crippen molar-refractivity contribution in [1.82, 2.24) is 4.98 Å². The molecular formula is C15H13BrN2O4. The molecule has 0 atom stereocenters. The molecule has 0 radical (unpaired) electrons. The summed E-state index contributed by atoms with van der Waals surface area (Å²) in [6.07, 6.45) is 1.94. The van der Waals surface area contributed by atoms with Crippen LogP contribution in [0.3, 0.4) is 0 Å². The second-order valence-electron chi connectivity index (χ2n) is 4.40. The van der Waals surface area contributed by atoms with E-state index in [2.05, 4.69) is 26.2 Å². The van der Waals surface area contributed by atoms with Gasteiger partial charge in [0.2, 0.25) is 0 Å². The van der Waals surface area contributed by atoms with Gasteiger partial charge < -0.3 is 9.84 Å². The minimum absolute atomic E-state index is 0.127. The van der Waals surface area contributed by atoms with Gasteiger partial charge in [-0.25, -0.2) is 4.79 Å². The van der Waals surface area contributed by atoms with Gasteiger partial charge in [0.1, 0.15) is 6.61 Å². The number of nitrogens with zero attached hydrogens (tertiary/aromatic N) is 1. The molecule has 0 saturated carbocycles. The number of hydrogen-bond donors (Lipinski definition) is 2. The number of carboxylic acid groups (broad SMARTS) is 1. The standard InChI is InChI=1S/C15H13BrN2O4/c16-12-7-17-8-13(11(12)6-14(19)20)18-15(21)22-9-10-4-2-1-3-5-10/h1-5,7-8H,6,9H2,(H,18,21)(H,19,20). The molecule has 1 aromatic carbocycles. The molecule has 7 heteroatoms. The molecule has 6 nitrogen and oxygen atoms in total. The van der Waals surface area contributed by atoms with E-state index in [0.29, 0.717) is 15.7 Å². The number of aromatic nitrogens is 1. The maximum atomic E-state index is 11.8. The van der Waals surface area contributed by atoms with Crippen LogP contribution in [0.15, 0.2) is 47.2 Å². The fourth-order valence-electron chi connectivity index (χ4n) is 1.77. The lowest BCUT2D eigenvalue weighted by Crippen LogP contribution is -2.16. The predicted octanol–water partition coefficient (Wildman–Crippen LogP) is 3.22. The van der Waals surface area contributed by atoms with Crippen molar-refractivity contribution in [2.24, 2.45) is 0 Å². The lowest BCUT2D eigenvalue weighted by Gasteiger charge is -2.11. The fraction of sp³-hybridized carbons (Fsp3) is 0.133. The Morgan fingerprint density at radius 3 is 2.64 bits per heavy atom. The van der Waals surface area contributed by atoms with Crippen molar-refractivity contribution < 1.29 is 19.4 Å². The second-order valence-corrected chi connectivity index (χ2v) is 5.26. The lowest BCUT2D eigenvalue weighted by molar-refractivity contribution is -0.136. The van der Waals surface area contributed by atoms with Crippen LogP contribution in [0.4, 0.5) is 10.5 Å². The number of pyridine rings is 1. The molecule has 2 aromatic rings. The van der Waals surface area contributed by atoms with Gasteiger partial charge in [-0.05, 0) is 21.5 Å². The quantitative estimate of drug-likeness (QED) is 0.850. The summed E-state index contributed by atoms with van der Waals surface area (Å²) in [5.74, 6) is -1.01. The Bertz CT molecular complexity index is 676. The highest BCUT2D eigenvalue weighted by atomic mass is 79.9. The minimum Gasteiger partial charge on any atom is -0.481 e. The van der Waals surface area contributed by atoms with Gasteiger partial charge in [0, 0.05) is 16.2 Å². The highest BCUT2D eigenvalue weighted by Gasteiger charge is 2.14. The van der Waals surface area contributed by atoms with Gasteiger partial charge in [-0.3, -0.25) is 15.1 Å². The number of amides is 1. The Kier molecular flexibility index (Phi) is 5.48. The first-order valence-electron chi connectivity index (χ1n) is 6.38. The minimum atomic E-state index is -1.01. The van der Waals surface area contributed by atoms with Crippen molar-refractivity contribution in [3.63, 3.8) is 0 Å². The molecule has 0 aliphatic heterocycles. The van der Waals surface area contributed by atoms with E-state index in [-0.39, 0.29) is 13.0 Å². The van der Waals surface area contributed by atoms with E-state index in [1.165, 1.54) is 12.4 Å². The van der Waals surface area contributed by atoms with E-state index in [9.17, 15) is 9.59 Å². The normalized spacial score (nSPS) is 10.0. The average molecular weight is 365 g/mol. The number of halogens is 1. The fourth-order valence-corrected chi connectivity index (χ4v) is 2.24. The molecule has 0 saturated heterocycles. The van der Waals surface area contributed by atoms with Crippen LogP contribution in [0.1, 0.15) is 11.1 Å². The van der Waals surface area contributed by atoms with Crippen LogP contribution in [0, 0.1) is 0 Å². The van der Waals surface area contributed by atoms with Gasteiger partial charge >= 0.3 is 12.1 Å². The topological polar surface area (TPSA) is 88.5 Å². The van der Waals surface area contributed by atoms with Crippen LogP contribution >= 0.6 is 15.9 Å². The smallest absolute Gasteiger partial charge is 0.412 e. The van der Waals surface area contributed by atoms with Gasteiger partial charge in [-0.2, -0.15) is 0 Å². The summed E-state index contributed by atoms with van der Waals surface area (Å²) >= 11 is 3.22. The maximum Gasteiger partial charge on any atom is 0.412 e. The molecule has 0 spiro atoms. The van der Waals surface area contributed by atoms with Gasteiger partial charge in [0.05, 0.1) is 18.3 Å². The first-order chi connectivity index (χ1) is 10.6. The zero-order valence-corrected chi connectivity index (χ0v) is 13.0. The monoisotopic (exact) mass is 364 g/mol. The molecule has 114 valence electrons. The lowest BCUT2D eigenvalue weighted by atomic mass is 10.1. The van der Waals surface area contributed by atoms with Crippen LogP contribution < -0.4 is 5.32 Å². The van der Waals surface area contributed by atoms with E-state index in [1.54, 1.807) is 0 Å². The third-order valence-corrected chi connectivity index (χ3v) is 3.47. The Morgan fingerprint density at radius 1 is 1.23 bits per heavy atom. The molecule has 2 rings (SSSR count). The number of carbonyl (C=O) groups excluding carboxylic acids is 1. The summed E-state index contributed by atoms with van der Waals surface area (Å²) in [5, 5.41) is 11.4. The number of nitrogens with one attached hydrogen (secondary N) is 1. The van der Waals surface area contributed by atoms with Crippen molar-refractivity contribution in [2.75, 3.05) is 5.32 Å². The van der Waals surface area contributed by atoms with Crippen molar-refractivity contribution >= 4 is 33.7 Å². The third-order valence-electron chi connectivity index (χ3n) is 2.78. The van der Waals surface area contributed by atoms with Crippen molar-refractivity contribution in [3.8, 4) is 0 Å². The Hall–Kier alpha value is -2.41. The van der Waals surface area contributed by atoms with Crippen LogP contribution in [0.2, 0.25) is 0 Å². The number of ether oxygens (including phenoxy) is 1. The summed E-state index contributed by atoms with van der Waals surface area (Å²) in [4.78, 5) is 26.6. The first kappa shape index (κ1) is 16.0. The van der Waals surface area contributed by atoms with Crippen molar-refractivity contribution in [3.05, 3.63) is 58.3 Å². The molecule has 1 heterocycles. The van der Waals surface area contributed by atoms with Crippen molar-refractivity contribution in [1.29, 1.82) is 0 Å². The van der Waals surface area contributed by atoms with E-state index in [4.69, 9.17) is 9.84 Å². The maximum absolute atomic E-state index is 11.8. The summed E-state index contributed by atoms with van der Waals surface area (Å²) in [7, 11) is 0. The molecule has 0 fully saturated rings. The number of benzene rings is 1. The molecule has 0 bridgehead atoms. The van der Waals surface area contributed by atoms with Crippen LogP contribution in [-0.4, -0.2) is 22.2 Å². The third kappa shape index (κ3) is 4.56. The zero-order valence-electron chi connectivity index (χ0n) is 11.5. The molecule has 2 N–H and O–H groups in total. The highest BCUT2D eigenvalue weighted by molar-refractivity contribution is 9.10. The molecule has 1 aromatic heterocycles. The number of anilines is 1. The van der Waals surface area contributed by atoms with Crippen LogP contribution in [0.25, 0.3) is 0 Å². The molecule has 1 amide bonds. The molecule has 0 aliphatic rings. The van der Waals surface area contributed by atoms with Crippen LogP contribution in [0.5, 0.6) is 0 Å². The van der Waals surface area contributed by atoms with Gasteiger partial charge in [-0.1, -0.05) is 30.3 Å². The van der Waals surface area contributed by atoms with Gasteiger partial charge in [-0.15, -0.1) is 0 Å². The van der Waals surface area contributed by atoms with Crippen molar-refractivity contribution in [2.45, 2.75) is 13.0 Å². The largest absolute Gasteiger partial charge is 0.481 e. The molecule has 0 unspecified atom stereocenters. The molecular weight excluding hydrogens is 352 g/mol. The predicted molar refractivity (Wildman–Crippen MR) is 83.5 cm³/mol. The zero-order chi connectivity index (χ0) is 15.9. The number of rotatable bonds is 5. The average Bonchev–Trinajstić information content (AvgIpc) is 2.49. The van der Waals surface area contributed by atoms with E-state index in [0.717, 1.165) is 5.56 Å². The number of aliphatic carboxylic acids is 1. The van der Waals surface area contributed by atoms with E-state index < -0.39 is 12.1 Å². The highest BCUT2D eigenvalue weighted by Crippen LogP contribution is 2.24. The molecule has 0 aliphatic carbocycles. The Balaban J connectivity index is 2.02.